The van der Waals surface area contributed by atoms with Crippen molar-refractivity contribution in [3.8, 4) is 5.75 Å². The number of ether oxygens (including phenoxy) is 1. The van der Waals surface area contributed by atoms with E-state index in [1.807, 2.05) is 0 Å². The number of amides is 1. The summed E-state index contributed by atoms with van der Waals surface area (Å²) in [6, 6.07) is 2.96. The SMILES string of the molecule is O=C(COc1cc(Cl)c(Cl)cc1Cl)NC1CCCC1CO. The van der Waals surface area contributed by atoms with Gasteiger partial charge in [-0.05, 0) is 18.9 Å². The Balaban J connectivity index is 1.88. The van der Waals surface area contributed by atoms with Gasteiger partial charge in [0.1, 0.15) is 5.75 Å². The van der Waals surface area contributed by atoms with Gasteiger partial charge in [0.25, 0.3) is 5.91 Å². The molecule has 116 valence electrons. The zero-order valence-corrected chi connectivity index (χ0v) is 13.5. The average Bonchev–Trinajstić information content (AvgIpc) is 2.88. The molecule has 1 aromatic carbocycles. The summed E-state index contributed by atoms with van der Waals surface area (Å²) in [6.45, 7) is -0.0727. The van der Waals surface area contributed by atoms with E-state index in [1.54, 1.807) is 0 Å². The predicted molar refractivity (Wildman–Crippen MR) is 83.3 cm³/mol. The van der Waals surface area contributed by atoms with Crippen molar-refractivity contribution in [2.24, 2.45) is 5.92 Å². The van der Waals surface area contributed by atoms with Crippen LogP contribution in [0, 0.1) is 5.92 Å². The summed E-state index contributed by atoms with van der Waals surface area (Å²) in [6.07, 6.45) is 2.82. The molecule has 0 spiro atoms. The lowest BCUT2D eigenvalue weighted by atomic mass is 10.1. The number of aliphatic hydroxyl groups is 1. The molecular formula is C14H16Cl3NO3. The van der Waals surface area contributed by atoms with Crippen LogP contribution < -0.4 is 10.1 Å². The van der Waals surface area contributed by atoms with E-state index >= 15 is 0 Å². The van der Waals surface area contributed by atoms with Gasteiger partial charge in [-0.25, -0.2) is 0 Å². The van der Waals surface area contributed by atoms with Crippen molar-refractivity contribution in [3.05, 3.63) is 27.2 Å². The zero-order valence-electron chi connectivity index (χ0n) is 11.2. The molecule has 4 nitrogen and oxygen atoms in total. The van der Waals surface area contributed by atoms with Gasteiger partial charge in [0.2, 0.25) is 0 Å². The molecule has 1 saturated carbocycles. The lowest BCUT2D eigenvalue weighted by Crippen LogP contribution is -2.40. The summed E-state index contributed by atoms with van der Waals surface area (Å²) in [4.78, 5) is 11.9. The standard InChI is InChI=1S/C14H16Cl3NO3/c15-9-4-11(17)13(5-10(9)16)21-7-14(20)18-12-3-1-2-8(12)6-19/h4-5,8,12,19H,1-3,6-7H2,(H,18,20). The Morgan fingerprint density at radius 3 is 2.67 bits per heavy atom. The smallest absolute Gasteiger partial charge is 0.258 e. The number of halogens is 3. The van der Waals surface area contributed by atoms with Crippen LogP contribution in [0.5, 0.6) is 5.75 Å². The van der Waals surface area contributed by atoms with Crippen molar-refractivity contribution in [1.82, 2.24) is 5.32 Å². The van der Waals surface area contributed by atoms with Gasteiger partial charge < -0.3 is 15.2 Å². The summed E-state index contributed by atoms with van der Waals surface area (Å²) < 4.78 is 5.36. The van der Waals surface area contributed by atoms with Gasteiger partial charge in [-0.2, -0.15) is 0 Å². The van der Waals surface area contributed by atoms with Crippen LogP contribution in [-0.2, 0) is 4.79 Å². The van der Waals surface area contributed by atoms with E-state index in [4.69, 9.17) is 39.5 Å². The minimum atomic E-state index is -0.248. The molecule has 0 heterocycles. The lowest BCUT2D eigenvalue weighted by molar-refractivity contribution is -0.124. The largest absolute Gasteiger partial charge is 0.482 e. The highest BCUT2D eigenvalue weighted by Gasteiger charge is 2.27. The van der Waals surface area contributed by atoms with E-state index in [0.29, 0.717) is 20.8 Å². The maximum absolute atomic E-state index is 11.9. The van der Waals surface area contributed by atoms with Gasteiger partial charge in [-0.3, -0.25) is 4.79 Å². The van der Waals surface area contributed by atoms with Crippen molar-refractivity contribution in [2.75, 3.05) is 13.2 Å². The average molecular weight is 353 g/mol. The molecule has 2 N–H and O–H groups in total. The molecular weight excluding hydrogens is 337 g/mol. The number of rotatable bonds is 5. The van der Waals surface area contributed by atoms with Crippen molar-refractivity contribution in [1.29, 1.82) is 0 Å². The quantitative estimate of drug-likeness (QED) is 0.799. The van der Waals surface area contributed by atoms with E-state index < -0.39 is 0 Å². The first-order valence-corrected chi connectivity index (χ1v) is 7.82. The summed E-state index contributed by atoms with van der Waals surface area (Å²) in [5.41, 5.74) is 0. The minimum Gasteiger partial charge on any atom is -0.482 e. The van der Waals surface area contributed by atoms with Crippen LogP contribution in [0.1, 0.15) is 19.3 Å². The summed E-state index contributed by atoms with van der Waals surface area (Å²) in [5, 5.41) is 13.0. The van der Waals surface area contributed by atoms with Crippen molar-refractivity contribution in [3.63, 3.8) is 0 Å². The Kier molecular flexibility index (Phi) is 5.99. The summed E-state index contributed by atoms with van der Waals surface area (Å²) in [5.74, 6) is 0.191. The molecule has 1 aromatic rings. The number of carbonyl (C=O) groups is 1. The van der Waals surface area contributed by atoms with Crippen molar-refractivity contribution in [2.45, 2.75) is 25.3 Å². The number of benzene rings is 1. The van der Waals surface area contributed by atoms with E-state index in [0.717, 1.165) is 19.3 Å². The number of aliphatic hydroxyl groups excluding tert-OH is 1. The highest BCUT2D eigenvalue weighted by Crippen LogP contribution is 2.33. The first-order chi connectivity index (χ1) is 10.0. The van der Waals surface area contributed by atoms with E-state index in [1.165, 1.54) is 12.1 Å². The fourth-order valence-electron chi connectivity index (χ4n) is 2.45. The van der Waals surface area contributed by atoms with E-state index in [2.05, 4.69) is 5.32 Å². The fourth-order valence-corrected chi connectivity index (χ4v) is 3.04. The second-order valence-corrected chi connectivity index (χ2v) is 6.25. The molecule has 2 unspecified atom stereocenters. The number of hydrogen-bond donors (Lipinski definition) is 2. The second kappa shape index (κ2) is 7.54. The maximum Gasteiger partial charge on any atom is 0.258 e. The van der Waals surface area contributed by atoms with Crippen molar-refractivity contribution < 1.29 is 14.6 Å². The molecule has 2 atom stereocenters. The molecule has 2 rings (SSSR count). The van der Waals surface area contributed by atoms with Gasteiger partial charge in [0.15, 0.2) is 6.61 Å². The van der Waals surface area contributed by atoms with Crippen LogP contribution in [0.2, 0.25) is 15.1 Å². The molecule has 7 heteroatoms. The zero-order chi connectivity index (χ0) is 15.4. The van der Waals surface area contributed by atoms with Crippen LogP contribution in [0.25, 0.3) is 0 Å². The first kappa shape index (κ1) is 16.7. The fraction of sp³-hybridized carbons (Fsp3) is 0.500. The Labute approximate surface area is 138 Å². The number of carbonyl (C=O) groups excluding carboxylic acids is 1. The summed E-state index contributed by atoms with van der Waals surface area (Å²) in [7, 11) is 0. The Morgan fingerprint density at radius 2 is 1.95 bits per heavy atom. The Hall–Kier alpha value is -0.680. The monoisotopic (exact) mass is 351 g/mol. The van der Waals surface area contributed by atoms with E-state index in [-0.39, 0.29) is 31.1 Å². The molecule has 0 bridgehead atoms. The summed E-state index contributed by atoms with van der Waals surface area (Å²) >= 11 is 17.7. The van der Waals surface area contributed by atoms with Gasteiger partial charge in [0.05, 0.1) is 15.1 Å². The van der Waals surface area contributed by atoms with Crippen LogP contribution in [0.4, 0.5) is 0 Å². The third-order valence-electron chi connectivity index (χ3n) is 3.57. The normalized spacial score (nSPS) is 21.3. The van der Waals surface area contributed by atoms with Crippen LogP contribution in [0.15, 0.2) is 12.1 Å². The lowest BCUT2D eigenvalue weighted by Gasteiger charge is -2.19. The molecule has 0 aliphatic heterocycles. The molecule has 21 heavy (non-hydrogen) atoms. The molecule has 1 amide bonds. The third kappa shape index (κ3) is 4.39. The first-order valence-electron chi connectivity index (χ1n) is 6.69. The van der Waals surface area contributed by atoms with Crippen LogP contribution >= 0.6 is 34.8 Å². The highest BCUT2D eigenvalue weighted by atomic mass is 35.5. The number of nitrogens with one attached hydrogen (secondary N) is 1. The predicted octanol–water partition coefficient (Wildman–Crippen LogP) is 3.30. The van der Waals surface area contributed by atoms with Crippen LogP contribution in [0.3, 0.4) is 0 Å². The maximum atomic E-state index is 11.9. The van der Waals surface area contributed by atoms with Gasteiger partial charge >= 0.3 is 0 Å². The van der Waals surface area contributed by atoms with Gasteiger partial charge in [-0.15, -0.1) is 0 Å². The Bertz CT molecular complexity index is 524. The highest BCUT2D eigenvalue weighted by molar-refractivity contribution is 6.43. The third-order valence-corrected chi connectivity index (χ3v) is 4.59. The van der Waals surface area contributed by atoms with E-state index in [9.17, 15) is 9.90 Å². The minimum absolute atomic E-state index is 0.00961. The molecule has 0 saturated heterocycles. The molecule has 1 aliphatic carbocycles. The van der Waals surface area contributed by atoms with Gasteiger partial charge in [0, 0.05) is 24.6 Å². The number of hydrogen-bond acceptors (Lipinski definition) is 3. The van der Waals surface area contributed by atoms with Gasteiger partial charge in [-0.1, -0.05) is 41.2 Å². The Morgan fingerprint density at radius 1 is 1.24 bits per heavy atom. The molecule has 0 aromatic heterocycles. The molecule has 1 fully saturated rings. The topological polar surface area (TPSA) is 58.6 Å². The van der Waals surface area contributed by atoms with Crippen molar-refractivity contribution >= 4 is 40.7 Å². The molecule has 1 aliphatic rings. The second-order valence-electron chi connectivity index (χ2n) is 5.03. The van der Waals surface area contributed by atoms with Crippen LogP contribution in [-0.4, -0.2) is 30.3 Å². The molecule has 0 radical (unpaired) electrons.